The van der Waals surface area contributed by atoms with Gasteiger partial charge in [-0.1, -0.05) is 0 Å². The summed E-state index contributed by atoms with van der Waals surface area (Å²) < 4.78 is 8.35. The molecule has 0 unspecified atom stereocenters. The Hall–Kier alpha value is -0.850. The van der Waals surface area contributed by atoms with E-state index in [9.17, 15) is 9.59 Å². The van der Waals surface area contributed by atoms with Crippen molar-refractivity contribution >= 4 is 24.3 Å². The summed E-state index contributed by atoms with van der Waals surface area (Å²) in [7, 11) is 2.18. The van der Waals surface area contributed by atoms with E-state index < -0.39 is 24.1 Å². The third kappa shape index (κ3) is 4.07. The first-order chi connectivity index (χ1) is 5.54. The van der Waals surface area contributed by atoms with Crippen molar-refractivity contribution in [1.82, 2.24) is 0 Å². The molecule has 0 rings (SSSR count). The zero-order valence-corrected chi connectivity index (χ0v) is 8.04. The fourth-order valence-electron chi connectivity index (χ4n) is 0.532. The number of aliphatic hydroxyl groups excluding tert-OH is 1. The van der Waals surface area contributed by atoms with Crippen LogP contribution in [0.5, 0.6) is 0 Å². The molecule has 0 aromatic heterocycles. The lowest BCUT2D eigenvalue weighted by Gasteiger charge is -2.13. The van der Waals surface area contributed by atoms with E-state index in [1.807, 2.05) is 0 Å². The second-order valence-corrected chi connectivity index (χ2v) is 2.02. The Kier molecular flexibility index (Phi) is 7.49. The second-order valence-electron chi connectivity index (χ2n) is 2.02. The largest absolute Gasteiger partial charge is 0.468 e. The Morgan fingerprint density at radius 2 is 1.62 bits per heavy atom. The minimum atomic E-state index is -1.68. The molecule has 0 amide bonds. The van der Waals surface area contributed by atoms with E-state index in [1.165, 1.54) is 0 Å². The summed E-state index contributed by atoms with van der Waals surface area (Å²) in [6, 6.07) is -1.40. The number of nitrogens with two attached hydrogens (primary N) is 1. The number of esters is 2. The first kappa shape index (κ1) is 14.7. The van der Waals surface area contributed by atoms with E-state index in [0.29, 0.717) is 0 Å². The average molecular weight is 214 g/mol. The minimum absolute atomic E-state index is 0. The molecule has 0 heterocycles. The summed E-state index contributed by atoms with van der Waals surface area (Å²) >= 11 is 0. The predicted molar refractivity (Wildman–Crippen MR) is 45.3 cm³/mol. The predicted octanol–water partition coefficient (Wildman–Crippen LogP) is -1.56. The molecule has 0 aromatic rings. The van der Waals surface area contributed by atoms with Crippen molar-refractivity contribution in [3.05, 3.63) is 0 Å². The molecule has 0 radical (unpaired) electrons. The van der Waals surface area contributed by atoms with Crippen molar-refractivity contribution in [2.75, 3.05) is 14.2 Å². The van der Waals surface area contributed by atoms with Gasteiger partial charge in [-0.15, -0.1) is 12.4 Å². The van der Waals surface area contributed by atoms with Gasteiger partial charge in [0.25, 0.3) is 0 Å². The van der Waals surface area contributed by atoms with E-state index in [0.717, 1.165) is 14.2 Å². The quantitative estimate of drug-likeness (QED) is 0.551. The number of aliphatic hydroxyl groups is 1. The van der Waals surface area contributed by atoms with Gasteiger partial charge in [-0.25, -0.2) is 4.79 Å². The third-order valence-corrected chi connectivity index (χ3v) is 1.26. The zero-order chi connectivity index (χ0) is 9.72. The van der Waals surface area contributed by atoms with Gasteiger partial charge in [0.1, 0.15) is 6.04 Å². The highest BCUT2D eigenvalue weighted by atomic mass is 35.5. The second kappa shape index (κ2) is 6.64. The number of hydrogen-bond donors (Lipinski definition) is 2. The molecule has 78 valence electrons. The number of ether oxygens (including phenoxy) is 2. The highest BCUT2D eigenvalue weighted by Gasteiger charge is 2.30. The lowest BCUT2D eigenvalue weighted by Crippen LogP contribution is -2.47. The van der Waals surface area contributed by atoms with Crippen LogP contribution in [0.4, 0.5) is 0 Å². The number of hydrogen-bond acceptors (Lipinski definition) is 6. The van der Waals surface area contributed by atoms with Crippen LogP contribution in [0, 0.1) is 0 Å². The molecule has 0 aromatic carbocycles. The van der Waals surface area contributed by atoms with E-state index in [1.54, 1.807) is 0 Å². The minimum Gasteiger partial charge on any atom is -0.468 e. The normalized spacial score (nSPS) is 13.5. The topological polar surface area (TPSA) is 98.9 Å². The van der Waals surface area contributed by atoms with Gasteiger partial charge in [0.2, 0.25) is 0 Å². The maximum absolute atomic E-state index is 10.7. The molecule has 0 bridgehead atoms. The molecular formula is C6H12ClNO5. The number of rotatable bonds is 3. The highest BCUT2D eigenvalue weighted by molar-refractivity contribution is 5.86. The van der Waals surface area contributed by atoms with Gasteiger partial charge in [-0.2, -0.15) is 0 Å². The summed E-state index contributed by atoms with van der Waals surface area (Å²) in [6.45, 7) is 0. The Bertz CT molecular complexity index is 166. The van der Waals surface area contributed by atoms with Crippen LogP contribution in [-0.4, -0.2) is 43.4 Å². The van der Waals surface area contributed by atoms with Crippen LogP contribution >= 0.6 is 12.4 Å². The molecule has 13 heavy (non-hydrogen) atoms. The average Bonchev–Trinajstić information content (AvgIpc) is 2.12. The number of carbonyl (C=O) groups is 2. The molecule has 0 aliphatic heterocycles. The maximum atomic E-state index is 10.7. The van der Waals surface area contributed by atoms with Gasteiger partial charge in [-0.05, 0) is 0 Å². The molecule has 3 N–H and O–H groups in total. The van der Waals surface area contributed by atoms with E-state index in [4.69, 9.17) is 10.8 Å². The molecule has 0 aliphatic carbocycles. The molecule has 0 saturated carbocycles. The Morgan fingerprint density at radius 1 is 1.23 bits per heavy atom. The molecular weight excluding hydrogens is 202 g/mol. The lowest BCUT2D eigenvalue weighted by molar-refractivity contribution is -0.158. The SMILES string of the molecule is COC(=O)[C@@H](N)[C@H](O)C(=O)OC.Cl. The van der Waals surface area contributed by atoms with Gasteiger partial charge >= 0.3 is 11.9 Å². The van der Waals surface area contributed by atoms with Gasteiger partial charge in [0, 0.05) is 0 Å². The first-order valence-electron chi connectivity index (χ1n) is 3.14. The summed E-state index contributed by atoms with van der Waals surface area (Å²) in [5, 5.41) is 8.99. The zero-order valence-electron chi connectivity index (χ0n) is 7.22. The Morgan fingerprint density at radius 3 is 1.92 bits per heavy atom. The fourth-order valence-corrected chi connectivity index (χ4v) is 0.532. The molecule has 0 fully saturated rings. The van der Waals surface area contributed by atoms with Crippen molar-refractivity contribution in [2.24, 2.45) is 5.73 Å². The third-order valence-electron chi connectivity index (χ3n) is 1.26. The van der Waals surface area contributed by atoms with Crippen molar-refractivity contribution in [3.8, 4) is 0 Å². The highest BCUT2D eigenvalue weighted by Crippen LogP contribution is 1.95. The van der Waals surface area contributed by atoms with Crippen molar-refractivity contribution in [3.63, 3.8) is 0 Å². The molecule has 0 saturated heterocycles. The first-order valence-corrected chi connectivity index (χ1v) is 3.14. The van der Waals surface area contributed by atoms with Crippen LogP contribution in [0.1, 0.15) is 0 Å². The van der Waals surface area contributed by atoms with E-state index in [-0.39, 0.29) is 12.4 Å². The Balaban J connectivity index is 0. The smallest absolute Gasteiger partial charge is 0.336 e. The molecule has 7 heteroatoms. The standard InChI is InChI=1S/C6H11NO5.ClH/c1-11-5(9)3(7)4(8)6(10)12-2;/h3-4,8H,7H2,1-2H3;1H/t3-,4-;/m0./s1. The number of carbonyl (C=O) groups excluding carboxylic acids is 2. The molecule has 0 spiro atoms. The van der Waals surface area contributed by atoms with E-state index >= 15 is 0 Å². The fraction of sp³-hybridized carbons (Fsp3) is 0.667. The van der Waals surface area contributed by atoms with Crippen LogP contribution in [0.2, 0.25) is 0 Å². The van der Waals surface area contributed by atoms with Crippen LogP contribution in [0.15, 0.2) is 0 Å². The summed E-state index contributed by atoms with van der Waals surface area (Å²) in [6.07, 6.45) is -1.68. The maximum Gasteiger partial charge on any atom is 0.336 e. The van der Waals surface area contributed by atoms with Gasteiger partial charge in [0.05, 0.1) is 14.2 Å². The monoisotopic (exact) mass is 213 g/mol. The summed E-state index contributed by atoms with van der Waals surface area (Å²) in [5.74, 6) is -1.83. The number of methoxy groups -OCH3 is 2. The van der Waals surface area contributed by atoms with Crippen molar-refractivity contribution < 1.29 is 24.2 Å². The Labute approximate surface area is 81.4 Å². The van der Waals surface area contributed by atoms with Crippen LogP contribution in [-0.2, 0) is 19.1 Å². The summed E-state index contributed by atoms with van der Waals surface area (Å²) in [5.41, 5.74) is 5.12. The van der Waals surface area contributed by atoms with Gasteiger partial charge < -0.3 is 20.3 Å². The van der Waals surface area contributed by atoms with E-state index in [2.05, 4.69) is 9.47 Å². The summed E-state index contributed by atoms with van der Waals surface area (Å²) in [4.78, 5) is 21.3. The molecule has 0 aliphatic rings. The lowest BCUT2D eigenvalue weighted by atomic mass is 10.2. The molecule has 6 nitrogen and oxygen atoms in total. The number of halogens is 1. The van der Waals surface area contributed by atoms with Crippen molar-refractivity contribution in [1.29, 1.82) is 0 Å². The van der Waals surface area contributed by atoms with Crippen LogP contribution in [0.3, 0.4) is 0 Å². The van der Waals surface area contributed by atoms with Crippen molar-refractivity contribution in [2.45, 2.75) is 12.1 Å². The van der Waals surface area contributed by atoms with Crippen LogP contribution in [0.25, 0.3) is 0 Å². The van der Waals surface area contributed by atoms with Gasteiger partial charge in [0.15, 0.2) is 6.10 Å². The van der Waals surface area contributed by atoms with Crippen LogP contribution < -0.4 is 5.73 Å². The van der Waals surface area contributed by atoms with Gasteiger partial charge in [-0.3, -0.25) is 4.79 Å². The molecule has 2 atom stereocenters.